The summed E-state index contributed by atoms with van der Waals surface area (Å²) in [5.74, 6) is 1.04. The summed E-state index contributed by atoms with van der Waals surface area (Å²) >= 11 is 3.60. The molecule has 0 aromatic carbocycles. The molecule has 4 aromatic rings. The molecule has 0 unspecified atom stereocenters. The molecule has 0 aliphatic heterocycles. The maximum Gasteiger partial charge on any atom is 0.109 e. The van der Waals surface area contributed by atoms with Crippen molar-refractivity contribution in [1.29, 1.82) is 0 Å². The Morgan fingerprint density at radius 1 is 0.574 bits per heavy atom. The van der Waals surface area contributed by atoms with Crippen molar-refractivity contribution in [1.82, 2.24) is 0 Å². The molecule has 0 fully saturated rings. The van der Waals surface area contributed by atoms with Crippen LogP contribution in [0.2, 0.25) is 0 Å². The third-order valence-electron chi connectivity index (χ3n) is 8.67. The molecule has 2 aliphatic carbocycles. The number of allylic oxidation sites excluding steroid dienone is 8. The van der Waals surface area contributed by atoms with Crippen LogP contribution in [0.5, 0.6) is 0 Å². The lowest BCUT2D eigenvalue weighted by molar-refractivity contribution is 0.409. The Balaban J connectivity index is 0.000000324. The summed E-state index contributed by atoms with van der Waals surface area (Å²) in [5, 5.41) is 6.46. The SMILES string of the molecule is CC(C)(C)C1=CC=CC1.CC(C)(C)C1=CCC=C1.CC(C)(C)c1ccco1.CC(C)(C)c1cccs1.CC(C)(C)c1ccoc1.CC(C)(C)c1ccsc1. The van der Waals surface area contributed by atoms with Crippen LogP contribution in [0.25, 0.3) is 0 Å². The van der Waals surface area contributed by atoms with Gasteiger partial charge >= 0.3 is 0 Å². The van der Waals surface area contributed by atoms with E-state index >= 15 is 0 Å². The standard InChI is InChI=1S/2C9H14.2C8H12O.2C8H12S/c2*1-9(2,3)8-6-4-5-7-8;1-8(2,3)7-4-5-9-6-7;1-8(2,3)7-5-4-6-9-7;1-8(2,3)7-4-5-9-6-7;1-8(2,3)7-5-4-6-9-7/h4,6-7H,5H2,1-3H3;4-6H,7H2,1-3H3;4*4-6H,1-3H3. The summed E-state index contributed by atoms with van der Waals surface area (Å²) in [6.07, 6.45) is 20.8. The molecule has 0 N–H and O–H groups in total. The van der Waals surface area contributed by atoms with Gasteiger partial charge in [0.1, 0.15) is 5.76 Å². The summed E-state index contributed by atoms with van der Waals surface area (Å²) in [7, 11) is 0. The van der Waals surface area contributed by atoms with Gasteiger partial charge in [-0.25, -0.2) is 0 Å². The van der Waals surface area contributed by atoms with Gasteiger partial charge in [0.15, 0.2) is 0 Å². The van der Waals surface area contributed by atoms with Gasteiger partial charge in [0.2, 0.25) is 0 Å². The molecule has 6 rings (SSSR count). The average Bonchev–Trinajstić information content (AvgIpc) is 3.89. The van der Waals surface area contributed by atoms with E-state index < -0.39 is 0 Å². The van der Waals surface area contributed by atoms with Crippen molar-refractivity contribution >= 4 is 22.7 Å². The first-order valence-corrected chi connectivity index (χ1v) is 21.3. The van der Waals surface area contributed by atoms with Crippen LogP contribution < -0.4 is 0 Å². The smallest absolute Gasteiger partial charge is 0.109 e. The number of hydrogen-bond donors (Lipinski definition) is 0. The van der Waals surface area contributed by atoms with E-state index in [-0.39, 0.29) is 10.8 Å². The third kappa shape index (κ3) is 20.0. The largest absolute Gasteiger partial charge is 0.472 e. The molecule has 4 heterocycles. The topological polar surface area (TPSA) is 26.3 Å². The van der Waals surface area contributed by atoms with Crippen molar-refractivity contribution in [3.63, 3.8) is 0 Å². The first-order chi connectivity index (χ1) is 24.6. The molecular formula is C50H76O2S2. The van der Waals surface area contributed by atoms with Gasteiger partial charge in [0.25, 0.3) is 0 Å². The highest BCUT2D eigenvalue weighted by Gasteiger charge is 2.18. The molecule has 0 atom stereocenters. The number of furan rings is 2. The summed E-state index contributed by atoms with van der Waals surface area (Å²) in [5.41, 5.74) is 7.50. The predicted octanol–water partition coefficient (Wildman–Crippen LogP) is 17.1. The second kappa shape index (κ2) is 21.3. The van der Waals surface area contributed by atoms with Crippen molar-refractivity contribution in [3.8, 4) is 0 Å². The monoisotopic (exact) mass is 773 g/mol. The van der Waals surface area contributed by atoms with E-state index in [4.69, 9.17) is 8.83 Å². The second-order valence-electron chi connectivity index (χ2n) is 20.1. The first-order valence-electron chi connectivity index (χ1n) is 19.5. The zero-order valence-electron chi connectivity index (χ0n) is 37.4. The van der Waals surface area contributed by atoms with Crippen molar-refractivity contribution in [2.24, 2.45) is 10.8 Å². The third-order valence-corrected chi connectivity index (χ3v) is 10.6. The van der Waals surface area contributed by atoms with Crippen LogP contribution in [0.3, 0.4) is 0 Å². The Morgan fingerprint density at radius 3 is 1.44 bits per heavy atom. The van der Waals surface area contributed by atoms with Crippen molar-refractivity contribution in [2.75, 3.05) is 0 Å². The molecule has 0 radical (unpaired) electrons. The van der Waals surface area contributed by atoms with Crippen LogP contribution in [0.4, 0.5) is 0 Å². The maximum atomic E-state index is 5.20. The van der Waals surface area contributed by atoms with E-state index in [1.807, 2.05) is 29.5 Å². The van der Waals surface area contributed by atoms with E-state index in [2.05, 4.69) is 195 Å². The van der Waals surface area contributed by atoms with Gasteiger partial charge in [-0.2, -0.15) is 11.3 Å². The van der Waals surface area contributed by atoms with Crippen LogP contribution in [0.1, 0.15) is 159 Å². The Labute approximate surface area is 340 Å². The number of thiophene rings is 2. The van der Waals surface area contributed by atoms with Crippen molar-refractivity contribution in [3.05, 3.63) is 141 Å². The average molecular weight is 773 g/mol. The molecule has 4 heteroatoms. The fourth-order valence-electron chi connectivity index (χ4n) is 4.81. The van der Waals surface area contributed by atoms with Crippen LogP contribution in [0.15, 0.2) is 128 Å². The first kappa shape index (κ1) is 48.9. The van der Waals surface area contributed by atoms with Gasteiger partial charge in [0.05, 0.1) is 18.8 Å². The lowest BCUT2D eigenvalue weighted by atomic mass is 9.86. The molecule has 0 saturated heterocycles. The molecule has 300 valence electrons. The van der Waals surface area contributed by atoms with Gasteiger partial charge in [-0.05, 0) is 103 Å². The van der Waals surface area contributed by atoms with Gasteiger partial charge in [-0.15, -0.1) is 11.3 Å². The molecule has 2 aliphatic rings. The summed E-state index contributed by atoms with van der Waals surface area (Å²) < 4.78 is 10.1. The number of hydrogen-bond acceptors (Lipinski definition) is 4. The summed E-state index contributed by atoms with van der Waals surface area (Å²) in [4.78, 5) is 1.46. The quantitative estimate of drug-likeness (QED) is 0.178. The molecule has 0 saturated carbocycles. The van der Waals surface area contributed by atoms with Crippen LogP contribution in [0, 0.1) is 10.8 Å². The Kier molecular flexibility index (Phi) is 19.3. The molecule has 54 heavy (non-hydrogen) atoms. The number of rotatable bonds is 0. The second-order valence-corrected chi connectivity index (χ2v) is 21.8. The van der Waals surface area contributed by atoms with Gasteiger partial charge in [0, 0.05) is 10.3 Å². The minimum absolute atomic E-state index is 0.156. The lowest BCUT2D eigenvalue weighted by Gasteiger charge is -2.19. The minimum atomic E-state index is 0.156. The Bertz CT molecular complexity index is 1470. The molecule has 2 nitrogen and oxygen atoms in total. The van der Waals surface area contributed by atoms with Gasteiger partial charge in [-0.3, -0.25) is 0 Å². The fourth-order valence-corrected chi connectivity index (χ4v) is 6.51. The normalized spacial score (nSPS) is 14.0. The Hall–Kier alpha value is -3.08. The van der Waals surface area contributed by atoms with Crippen molar-refractivity contribution < 1.29 is 8.83 Å². The van der Waals surface area contributed by atoms with Crippen molar-refractivity contribution in [2.45, 2.75) is 159 Å². The maximum absolute atomic E-state index is 5.20. The zero-order valence-corrected chi connectivity index (χ0v) is 39.1. The fraction of sp³-hybridized carbons (Fsp3) is 0.520. The van der Waals surface area contributed by atoms with E-state index in [9.17, 15) is 0 Å². The lowest BCUT2D eigenvalue weighted by Crippen LogP contribution is -2.08. The molecular weight excluding hydrogens is 697 g/mol. The van der Waals surface area contributed by atoms with E-state index in [0.29, 0.717) is 21.7 Å². The van der Waals surface area contributed by atoms with Gasteiger partial charge in [-0.1, -0.05) is 173 Å². The zero-order chi connectivity index (χ0) is 41.4. The highest BCUT2D eigenvalue weighted by molar-refractivity contribution is 7.10. The molecule has 4 aromatic heterocycles. The summed E-state index contributed by atoms with van der Waals surface area (Å²) in [6, 6.07) is 12.4. The van der Waals surface area contributed by atoms with E-state index in [1.165, 1.54) is 21.6 Å². The highest BCUT2D eigenvalue weighted by atomic mass is 32.1. The Morgan fingerprint density at radius 2 is 1.22 bits per heavy atom. The van der Waals surface area contributed by atoms with Crippen LogP contribution in [-0.4, -0.2) is 0 Å². The van der Waals surface area contributed by atoms with Gasteiger partial charge < -0.3 is 8.83 Å². The molecule has 0 bridgehead atoms. The predicted molar refractivity (Wildman–Crippen MR) is 243 cm³/mol. The summed E-state index contributed by atoms with van der Waals surface area (Å²) in [6.45, 7) is 39.8. The van der Waals surface area contributed by atoms with E-state index in [1.54, 1.807) is 35.7 Å². The minimum Gasteiger partial charge on any atom is -0.472 e. The molecule has 0 amide bonds. The van der Waals surface area contributed by atoms with E-state index in [0.717, 1.165) is 18.6 Å². The van der Waals surface area contributed by atoms with Crippen LogP contribution >= 0.6 is 22.7 Å². The molecule has 0 spiro atoms. The highest BCUT2D eigenvalue weighted by Crippen LogP contribution is 2.31. The van der Waals surface area contributed by atoms with Crippen LogP contribution in [-0.2, 0) is 21.7 Å².